The second-order valence-electron chi connectivity index (χ2n) is 8.64. The lowest BCUT2D eigenvalue weighted by molar-refractivity contribution is -0.139. The highest BCUT2D eigenvalue weighted by Gasteiger charge is 2.33. The molecule has 1 N–H and O–H groups in total. The molecule has 0 aliphatic carbocycles. The van der Waals surface area contributed by atoms with E-state index >= 15 is 0 Å². The predicted molar refractivity (Wildman–Crippen MR) is 150 cm³/mol. The third-order valence-electron chi connectivity index (χ3n) is 5.90. The van der Waals surface area contributed by atoms with Gasteiger partial charge in [0, 0.05) is 25.0 Å². The first-order chi connectivity index (χ1) is 18.1. The molecule has 8 nitrogen and oxygen atoms in total. The van der Waals surface area contributed by atoms with Crippen molar-refractivity contribution < 1.29 is 22.7 Å². The monoisotopic (exact) mass is 557 g/mol. The van der Waals surface area contributed by atoms with E-state index in [9.17, 15) is 18.0 Å². The van der Waals surface area contributed by atoms with E-state index < -0.39 is 28.5 Å². The molecule has 0 aliphatic heterocycles. The summed E-state index contributed by atoms with van der Waals surface area (Å²) in [6.07, 6.45) is 1.28. The summed E-state index contributed by atoms with van der Waals surface area (Å²) in [4.78, 5) is 28.5. The minimum atomic E-state index is -3.89. The van der Waals surface area contributed by atoms with Crippen LogP contribution in [0, 0.1) is 0 Å². The molecule has 3 rings (SSSR count). The van der Waals surface area contributed by atoms with Gasteiger partial charge < -0.3 is 15.0 Å². The number of nitrogens with one attached hydrogen (secondary N) is 1. The van der Waals surface area contributed by atoms with E-state index in [1.165, 1.54) is 11.9 Å². The van der Waals surface area contributed by atoms with Crippen molar-refractivity contribution >= 4 is 39.1 Å². The van der Waals surface area contributed by atoms with Crippen molar-refractivity contribution in [3.63, 3.8) is 0 Å². The lowest BCUT2D eigenvalue weighted by Gasteiger charge is -2.33. The standard InChI is InChI=1S/C28H32ClN3O5S/c1-4-37-26-13-9-8-12-24(26)32(38(3,35)36)20-27(33)31(19-22-14-16-23(29)17-15-22)25(28(34)30-2)18-21-10-6-5-7-11-21/h5-17,25H,4,18-20H2,1-3H3,(H,30,34)/t25-/m1/s1. The Labute approximate surface area is 229 Å². The minimum Gasteiger partial charge on any atom is -0.492 e. The van der Waals surface area contributed by atoms with Gasteiger partial charge in [0.1, 0.15) is 18.3 Å². The molecule has 3 aromatic rings. The number of sulfonamides is 1. The van der Waals surface area contributed by atoms with Gasteiger partial charge in [0.25, 0.3) is 0 Å². The first-order valence-corrected chi connectivity index (χ1v) is 14.4. The number of hydrogen-bond donors (Lipinski definition) is 1. The number of halogens is 1. The van der Waals surface area contributed by atoms with Gasteiger partial charge in [-0.15, -0.1) is 0 Å². The first kappa shape index (κ1) is 29.0. The molecule has 3 aromatic carbocycles. The van der Waals surface area contributed by atoms with Gasteiger partial charge in [0.2, 0.25) is 21.8 Å². The third kappa shape index (κ3) is 7.72. The molecule has 0 saturated carbocycles. The van der Waals surface area contributed by atoms with Crippen LogP contribution in [-0.4, -0.2) is 57.6 Å². The summed E-state index contributed by atoms with van der Waals surface area (Å²) in [5.74, 6) is -0.567. The normalized spacial score (nSPS) is 11.9. The topological polar surface area (TPSA) is 96.0 Å². The molecular formula is C28H32ClN3O5S. The van der Waals surface area contributed by atoms with E-state index in [1.54, 1.807) is 55.5 Å². The molecule has 0 saturated heterocycles. The van der Waals surface area contributed by atoms with Gasteiger partial charge in [-0.25, -0.2) is 8.42 Å². The predicted octanol–water partition coefficient (Wildman–Crippen LogP) is 3.89. The fraction of sp³-hybridized carbons (Fsp3) is 0.286. The van der Waals surface area contributed by atoms with Gasteiger partial charge in [0.15, 0.2) is 0 Å². The highest BCUT2D eigenvalue weighted by molar-refractivity contribution is 7.92. The van der Waals surface area contributed by atoms with Crippen LogP contribution in [0.25, 0.3) is 0 Å². The zero-order chi connectivity index (χ0) is 27.7. The maximum absolute atomic E-state index is 13.9. The number of para-hydroxylation sites is 2. The van der Waals surface area contributed by atoms with Crippen LogP contribution in [0.2, 0.25) is 5.02 Å². The number of hydrogen-bond acceptors (Lipinski definition) is 5. The van der Waals surface area contributed by atoms with Gasteiger partial charge in [-0.1, -0.05) is 66.2 Å². The molecule has 0 spiro atoms. The van der Waals surface area contributed by atoms with Crippen molar-refractivity contribution in [3.8, 4) is 5.75 Å². The molecule has 0 heterocycles. The number of benzene rings is 3. The van der Waals surface area contributed by atoms with Gasteiger partial charge in [-0.3, -0.25) is 13.9 Å². The van der Waals surface area contributed by atoms with E-state index in [2.05, 4.69) is 5.32 Å². The summed E-state index contributed by atoms with van der Waals surface area (Å²) in [7, 11) is -2.38. The number of rotatable bonds is 12. The van der Waals surface area contributed by atoms with Crippen molar-refractivity contribution in [1.82, 2.24) is 10.2 Å². The van der Waals surface area contributed by atoms with Crippen molar-refractivity contribution in [3.05, 3.63) is 95.0 Å². The van der Waals surface area contributed by atoms with E-state index in [1.807, 2.05) is 30.3 Å². The first-order valence-electron chi connectivity index (χ1n) is 12.1. The second kappa shape index (κ2) is 13.3. The van der Waals surface area contributed by atoms with Crippen LogP contribution >= 0.6 is 11.6 Å². The molecule has 0 radical (unpaired) electrons. The Kier molecular flexibility index (Phi) is 10.2. The van der Waals surface area contributed by atoms with Crippen LogP contribution < -0.4 is 14.4 Å². The third-order valence-corrected chi connectivity index (χ3v) is 7.28. The van der Waals surface area contributed by atoms with Crippen molar-refractivity contribution in [1.29, 1.82) is 0 Å². The Balaban J connectivity index is 2.04. The van der Waals surface area contributed by atoms with Crippen LogP contribution in [0.4, 0.5) is 5.69 Å². The maximum atomic E-state index is 13.9. The average molecular weight is 558 g/mol. The molecule has 0 unspecified atom stereocenters. The minimum absolute atomic E-state index is 0.0750. The van der Waals surface area contributed by atoms with Gasteiger partial charge in [0.05, 0.1) is 18.6 Å². The fourth-order valence-electron chi connectivity index (χ4n) is 4.04. The van der Waals surface area contributed by atoms with Crippen LogP contribution in [0.15, 0.2) is 78.9 Å². The number of carbonyl (C=O) groups is 2. The molecule has 38 heavy (non-hydrogen) atoms. The second-order valence-corrected chi connectivity index (χ2v) is 11.0. The van der Waals surface area contributed by atoms with Crippen molar-refractivity contribution in [2.24, 2.45) is 0 Å². The highest BCUT2D eigenvalue weighted by atomic mass is 35.5. The summed E-state index contributed by atoms with van der Waals surface area (Å²) >= 11 is 6.05. The fourth-order valence-corrected chi connectivity index (χ4v) is 5.02. The Morgan fingerprint density at radius 3 is 2.18 bits per heavy atom. The summed E-state index contributed by atoms with van der Waals surface area (Å²) in [6.45, 7) is 1.67. The van der Waals surface area contributed by atoms with Gasteiger partial charge >= 0.3 is 0 Å². The van der Waals surface area contributed by atoms with Crippen LogP contribution in [0.1, 0.15) is 18.1 Å². The van der Waals surface area contributed by atoms with Crippen molar-refractivity contribution in [2.75, 3.05) is 30.8 Å². The van der Waals surface area contributed by atoms with E-state index in [4.69, 9.17) is 16.3 Å². The smallest absolute Gasteiger partial charge is 0.244 e. The summed E-state index contributed by atoms with van der Waals surface area (Å²) < 4.78 is 32.4. The number of likely N-dealkylation sites (N-methyl/N-ethyl adjacent to an activating group) is 1. The lowest BCUT2D eigenvalue weighted by atomic mass is 10.0. The summed E-state index contributed by atoms with van der Waals surface area (Å²) in [5.41, 5.74) is 1.85. The quantitative estimate of drug-likeness (QED) is 0.364. The zero-order valence-electron chi connectivity index (χ0n) is 21.6. The van der Waals surface area contributed by atoms with E-state index in [0.717, 1.165) is 21.7 Å². The van der Waals surface area contributed by atoms with E-state index in [0.29, 0.717) is 17.4 Å². The Bertz CT molecular complexity index is 1330. The largest absolute Gasteiger partial charge is 0.492 e. The molecule has 10 heteroatoms. The molecule has 0 aliphatic rings. The highest BCUT2D eigenvalue weighted by Crippen LogP contribution is 2.30. The lowest BCUT2D eigenvalue weighted by Crippen LogP contribution is -2.52. The number of amides is 2. The molecule has 0 aromatic heterocycles. The SMILES string of the molecule is CCOc1ccccc1N(CC(=O)N(Cc1ccc(Cl)cc1)[C@H](Cc1ccccc1)C(=O)NC)S(C)(=O)=O. The van der Waals surface area contributed by atoms with Crippen LogP contribution in [0.3, 0.4) is 0 Å². The van der Waals surface area contributed by atoms with Gasteiger partial charge in [-0.05, 0) is 42.3 Å². The number of carbonyl (C=O) groups excluding carboxylic acids is 2. The van der Waals surface area contributed by atoms with Gasteiger partial charge in [-0.2, -0.15) is 0 Å². The maximum Gasteiger partial charge on any atom is 0.244 e. The number of ether oxygens (including phenoxy) is 1. The Morgan fingerprint density at radius 1 is 0.947 bits per heavy atom. The molecule has 0 bridgehead atoms. The zero-order valence-corrected chi connectivity index (χ0v) is 23.2. The molecular weight excluding hydrogens is 526 g/mol. The Morgan fingerprint density at radius 2 is 1.58 bits per heavy atom. The number of anilines is 1. The van der Waals surface area contributed by atoms with Crippen LogP contribution in [0.5, 0.6) is 5.75 Å². The van der Waals surface area contributed by atoms with E-state index in [-0.39, 0.29) is 24.6 Å². The molecule has 2 amide bonds. The summed E-state index contributed by atoms with van der Waals surface area (Å²) in [5, 5.41) is 3.19. The van der Waals surface area contributed by atoms with Crippen LogP contribution in [-0.2, 0) is 32.6 Å². The number of nitrogens with zero attached hydrogens (tertiary/aromatic N) is 2. The Hall–Kier alpha value is -3.56. The average Bonchev–Trinajstić information content (AvgIpc) is 2.90. The van der Waals surface area contributed by atoms with Crippen molar-refractivity contribution in [2.45, 2.75) is 25.9 Å². The molecule has 202 valence electrons. The summed E-state index contributed by atoms with van der Waals surface area (Å²) in [6, 6.07) is 22.0. The molecule has 1 atom stereocenters. The molecule has 0 fully saturated rings.